The molecule has 0 fully saturated rings. The van der Waals surface area contributed by atoms with Crippen LogP contribution in [0.4, 0.5) is 19.8 Å². The van der Waals surface area contributed by atoms with Crippen LogP contribution in [-0.2, 0) is 32.0 Å². The van der Waals surface area contributed by atoms with E-state index in [1.54, 1.807) is 26.2 Å². The van der Waals surface area contributed by atoms with Crippen molar-refractivity contribution in [3.8, 4) is 0 Å². The van der Waals surface area contributed by atoms with E-state index >= 15 is 0 Å². The van der Waals surface area contributed by atoms with Crippen LogP contribution in [0.2, 0.25) is 0 Å². The summed E-state index contributed by atoms with van der Waals surface area (Å²) in [5.41, 5.74) is 0.559. The van der Waals surface area contributed by atoms with Gasteiger partial charge in [-0.05, 0) is 60.9 Å². The van der Waals surface area contributed by atoms with Crippen LogP contribution >= 0.6 is 0 Å². The molecule has 1 N–H and O–H groups in total. The molecule has 0 saturated carbocycles. The first-order valence-electron chi connectivity index (χ1n) is 16.1. The molecule has 3 aromatic rings. The predicted octanol–water partition coefficient (Wildman–Crippen LogP) is 5.19. The molecule has 14 heteroatoms. The molecule has 3 rings (SSSR count). The number of anilines is 1. The second-order valence-corrected chi connectivity index (χ2v) is 13.4. The number of carbonyl (C=O) groups excluding carboxylic acids is 4. The Morgan fingerprint density at radius 2 is 1.80 bits per heavy atom. The van der Waals surface area contributed by atoms with Gasteiger partial charge in [-0.15, -0.1) is 0 Å². The first kappa shape index (κ1) is 38.4. The number of carbonyl (C=O) groups is 4. The van der Waals surface area contributed by atoms with E-state index in [2.05, 4.69) is 10.3 Å². The van der Waals surface area contributed by atoms with Gasteiger partial charge < -0.3 is 29.2 Å². The van der Waals surface area contributed by atoms with E-state index in [0.29, 0.717) is 35.0 Å². The van der Waals surface area contributed by atoms with E-state index in [4.69, 9.17) is 9.47 Å². The summed E-state index contributed by atoms with van der Waals surface area (Å²) in [7, 11) is 6.13. The minimum absolute atomic E-state index is 0.0252. The number of ether oxygens (including phenoxy) is 2. The second kappa shape index (κ2) is 16.9. The lowest BCUT2D eigenvalue weighted by Crippen LogP contribution is -2.38. The van der Waals surface area contributed by atoms with E-state index in [-0.39, 0.29) is 43.1 Å². The van der Waals surface area contributed by atoms with Crippen LogP contribution in [0.25, 0.3) is 10.9 Å². The third-order valence-electron chi connectivity index (χ3n) is 7.33. The van der Waals surface area contributed by atoms with Crippen LogP contribution in [0.1, 0.15) is 64.6 Å². The molecular formula is C35H47FN6O7. The summed E-state index contributed by atoms with van der Waals surface area (Å²) in [6.07, 6.45) is 5.08. The lowest BCUT2D eigenvalue weighted by molar-refractivity contribution is -0.125. The van der Waals surface area contributed by atoms with Gasteiger partial charge in [0.05, 0.1) is 24.4 Å². The molecule has 0 spiro atoms. The van der Waals surface area contributed by atoms with E-state index in [0.717, 1.165) is 11.3 Å². The van der Waals surface area contributed by atoms with Gasteiger partial charge in [-0.25, -0.2) is 23.5 Å². The van der Waals surface area contributed by atoms with E-state index in [1.165, 1.54) is 58.7 Å². The Morgan fingerprint density at radius 3 is 2.43 bits per heavy atom. The highest BCUT2D eigenvalue weighted by atomic mass is 19.1. The molecule has 0 aliphatic rings. The van der Waals surface area contributed by atoms with Crippen LogP contribution in [0.15, 0.2) is 47.5 Å². The predicted molar refractivity (Wildman–Crippen MR) is 184 cm³/mol. The molecule has 0 saturated heterocycles. The Bertz CT molecular complexity index is 1750. The van der Waals surface area contributed by atoms with Gasteiger partial charge >= 0.3 is 12.2 Å². The molecule has 13 nitrogen and oxygen atoms in total. The third-order valence-corrected chi connectivity index (χ3v) is 7.33. The largest absolute Gasteiger partial charge is 0.449 e. The SMILES string of the molecule is CCCCOC(=O)n1c(Cn2ccnc(NC(=O)[C@H](CC/C=C/C(=O)N(C)C)OC(=O)N(C)C)c2=O)cc2cc(F)cc(CC(C)(C)C)c21. The number of benzene rings is 1. The number of hydrogen-bond donors (Lipinski definition) is 1. The molecule has 3 amide bonds. The van der Waals surface area contributed by atoms with Gasteiger partial charge in [-0.1, -0.05) is 40.2 Å². The molecule has 0 bridgehead atoms. The number of halogens is 1. The number of allylic oxidation sites excluding steroid dienone is 1. The highest BCUT2D eigenvalue weighted by Crippen LogP contribution is 2.31. The summed E-state index contributed by atoms with van der Waals surface area (Å²) in [6.45, 7) is 8.07. The lowest BCUT2D eigenvalue weighted by Gasteiger charge is -2.20. The molecule has 0 aliphatic heterocycles. The molecular weight excluding hydrogens is 635 g/mol. The molecule has 2 heterocycles. The maximum atomic E-state index is 14.8. The molecule has 1 atom stereocenters. The second-order valence-electron chi connectivity index (χ2n) is 13.4. The quantitative estimate of drug-likeness (QED) is 0.192. The smallest absolute Gasteiger partial charge is 0.418 e. The van der Waals surface area contributed by atoms with Crippen molar-refractivity contribution in [2.45, 2.75) is 72.4 Å². The average molecular weight is 683 g/mol. The number of unbranched alkanes of at least 4 members (excludes halogenated alkanes) is 1. The molecule has 266 valence electrons. The minimum atomic E-state index is -1.31. The Labute approximate surface area is 285 Å². The zero-order chi connectivity index (χ0) is 36.5. The fourth-order valence-corrected chi connectivity index (χ4v) is 4.93. The fraction of sp³-hybridized carbons (Fsp3) is 0.486. The number of likely N-dealkylation sites (N-methyl/N-ethyl adjacent to an activating group) is 1. The van der Waals surface area contributed by atoms with Crippen molar-refractivity contribution < 1.29 is 33.0 Å². The molecule has 0 unspecified atom stereocenters. The van der Waals surface area contributed by atoms with Crippen molar-refractivity contribution in [2.24, 2.45) is 5.41 Å². The Hall–Kier alpha value is -5.01. The Morgan fingerprint density at radius 1 is 1.08 bits per heavy atom. The third kappa shape index (κ3) is 10.7. The first-order valence-corrected chi connectivity index (χ1v) is 16.1. The van der Waals surface area contributed by atoms with Gasteiger partial charge in [-0.3, -0.25) is 14.4 Å². The van der Waals surface area contributed by atoms with Crippen molar-refractivity contribution in [1.82, 2.24) is 23.9 Å². The number of nitrogens with one attached hydrogen (secondary N) is 1. The summed E-state index contributed by atoms with van der Waals surface area (Å²) >= 11 is 0. The van der Waals surface area contributed by atoms with Crippen LogP contribution < -0.4 is 10.9 Å². The van der Waals surface area contributed by atoms with Gasteiger partial charge in [0.25, 0.3) is 11.5 Å². The average Bonchev–Trinajstić information content (AvgIpc) is 3.37. The Balaban J connectivity index is 1.98. The summed E-state index contributed by atoms with van der Waals surface area (Å²) in [6, 6.07) is 4.39. The first-order chi connectivity index (χ1) is 23.0. The van der Waals surface area contributed by atoms with Crippen molar-refractivity contribution in [3.05, 3.63) is 70.2 Å². The molecule has 0 radical (unpaired) electrons. The minimum Gasteiger partial charge on any atom is -0.449 e. The maximum absolute atomic E-state index is 14.8. The highest BCUT2D eigenvalue weighted by molar-refractivity contribution is 5.95. The van der Waals surface area contributed by atoms with Crippen molar-refractivity contribution >= 4 is 40.7 Å². The van der Waals surface area contributed by atoms with E-state index in [9.17, 15) is 28.4 Å². The number of rotatable bonds is 13. The number of aromatic nitrogens is 3. The van der Waals surface area contributed by atoms with Crippen molar-refractivity contribution in [3.63, 3.8) is 0 Å². The van der Waals surface area contributed by atoms with Gasteiger partial charge in [-0.2, -0.15) is 0 Å². The van der Waals surface area contributed by atoms with E-state index < -0.39 is 35.6 Å². The van der Waals surface area contributed by atoms with Crippen molar-refractivity contribution in [2.75, 3.05) is 40.1 Å². The normalized spacial score (nSPS) is 12.2. The zero-order valence-corrected chi connectivity index (χ0v) is 29.5. The molecule has 49 heavy (non-hydrogen) atoms. The molecule has 0 aliphatic carbocycles. The van der Waals surface area contributed by atoms with Gasteiger partial charge in [0.2, 0.25) is 5.91 Å². The monoisotopic (exact) mass is 682 g/mol. The molecule has 1 aromatic carbocycles. The van der Waals surface area contributed by atoms with Gasteiger partial charge in [0, 0.05) is 46.0 Å². The van der Waals surface area contributed by atoms with Crippen LogP contribution in [0.5, 0.6) is 0 Å². The van der Waals surface area contributed by atoms with Crippen LogP contribution in [0.3, 0.4) is 0 Å². The summed E-state index contributed by atoms with van der Waals surface area (Å²) in [5, 5.41) is 2.94. The topological polar surface area (TPSA) is 145 Å². The number of nitrogens with zero attached hydrogens (tertiary/aromatic N) is 5. The summed E-state index contributed by atoms with van der Waals surface area (Å²) in [4.78, 5) is 71.2. The molecule has 2 aromatic heterocycles. The van der Waals surface area contributed by atoms with Crippen molar-refractivity contribution in [1.29, 1.82) is 0 Å². The summed E-state index contributed by atoms with van der Waals surface area (Å²) in [5.74, 6) is -1.82. The number of fused-ring (bicyclic) bond motifs is 1. The van der Waals surface area contributed by atoms with Crippen LogP contribution in [-0.4, -0.2) is 88.8 Å². The summed E-state index contributed by atoms with van der Waals surface area (Å²) < 4.78 is 28.4. The maximum Gasteiger partial charge on any atom is 0.418 e. The highest BCUT2D eigenvalue weighted by Gasteiger charge is 2.26. The Kier molecular flexibility index (Phi) is 13.2. The standard InChI is InChI=1S/C35H47FN6O7/c1-9-10-17-48-34(47)42-26(20-23-18-25(36)19-24(29(23)42)21-35(2,3)4)22-41-16-15-37-30(32(41)45)38-31(44)27(49-33(46)40(7)8)13-11-12-14-28(43)39(5)6/h12,14-16,18-20,27H,9-11,13,17,21-22H2,1-8H3,(H,37,38,44)/b14-12+/t27-/m0/s1. The fourth-order valence-electron chi connectivity index (χ4n) is 4.93. The van der Waals surface area contributed by atoms with E-state index in [1.807, 2.05) is 27.7 Å². The number of amides is 3. The van der Waals surface area contributed by atoms with Crippen LogP contribution in [0, 0.1) is 11.2 Å². The lowest BCUT2D eigenvalue weighted by atomic mass is 9.87. The zero-order valence-electron chi connectivity index (χ0n) is 29.5. The van der Waals surface area contributed by atoms with Gasteiger partial charge in [0.15, 0.2) is 11.9 Å². The number of hydrogen-bond acceptors (Lipinski definition) is 8. The van der Waals surface area contributed by atoms with Gasteiger partial charge in [0.1, 0.15) is 5.82 Å².